The van der Waals surface area contributed by atoms with E-state index in [-0.39, 0.29) is 10.8 Å². The van der Waals surface area contributed by atoms with E-state index in [1.54, 1.807) is 0 Å². The molecule has 0 bridgehead atoms. The monoisotopic (exact) mass is 271 g/mol. The molecule has 0 aromatic carbocycles. The number of hydrogen-bond donors (Lipinski definition) is 1. The predicted molar refractivity (Wildman–Crippen MR) is 71.4 cm³/mol. The Hall–Kier alpha value is -0.590. The lowest BCUT2D eigenvalue weighted by Gasteiger charge is -2.16. The Morgan fingerprint density at radius 2 is 2.44 bits per heavy atom. The van der Waals surface area contributed by atoms with Crippen LogP contribution in [0.1, 0.15) is 50.9 Å². The molecular weight excluding hydrogens is 250 g/mol. The molecule has 0 saturated carbocycles. The Kier molecular flexibility index (Phi) is 4.64. The molecule has 2 rings (SSSR count). The normalized spacial score (nSPS) is 25.5. The van der Waals surface area contributed by atoms with Crippen molar-refractivity contribution in [3.8, 4) is 0 Å². The smallest absolute Gasteiger partial charge is 0.242 e. The third-order valence-electron chi connectivity index (χ3n) is 3.09. The van der Waals surface area contributed by atoms with Gasteiger partial charge >= 0.3 is 0 Å². The molecule has 5 nitrogen and oxygen atoms in total. The minimum Gasteiger partial charge on any atom is -0.379 e. The molecule has 2 heterocycles. The number of hydrogen-bond acceptors (Lipinski definition) is 6. The molecule has 102 valence electrons. The summed E-state index contributed by atoms with van der Waals surface area (Å²) < 4.78 is 10.7. The first-order valence-electron chi connectivity index (χ1n) is 6.47. The molecule has 1 saturated heterocycles. The highest BCUT2D eigenvalue weighted by Gasteiger charge is 2.37. The number of thioether (sulfide) groups is 1. The van der Waals surface area contributed by atoms with Crippen LogP contribution in [0.4, 0.5) is 0 Å². The molecular formula is C12H21N3O2S. The summed E-state index contributed by atoms with van der Waals surface area (Å²) in [5.74, 6) is 2.40. The fourth-order valence-electron chi connectivity index (χ4n) is 1.98. The number of nitrogens with zero attached hydrogens (tertiary/aromatic N) is 2. The van der Waals surface area contributed by atoms with E-state index in [9.17, 15) is 0 Å². The van der Waals surface area contributed by atoms with E-state index in [4.69, 9.17) is 15.0 Å². The zero-order valence-electron chi connectivity index (χ0n) is 11.0. The fourth-order valence-corrected chi connectivity index (χ4v) is 3.21. The maximum absolute atomic E-state index is 5.97. The lowest BCUT2D eigenvalue weighted by molar-refractivity contribution is 0.119. The van der Waals surface area contributed by atoms with Crippen LogP contribution in [-0.4, -0.2) is 29.1 Å². The molecule has 1 aliphatic heterocycles. The third-order valence-corrected chi connectivity index (χ3v) is 4.60. The van der Waals surface area contributed by atoms with E-state index in [0.717, 1.165) is 18.6 Å². The molecule has 0 radical (unpaired) electrons. The number of nitrogens with two attached hydrogens (primary N) is 1. The van der Waals surface area contributed by atoms with Crippen LogP contribution < -0.4 is 5.73 Å². The van der Waals surface area contributed by atoms with Crippen LogP contribution in [0.2, 0.25) is 0 Å². The second-order valence-corrected chi connectivity index (χ2v) is 6.42. The van der Waals surface area contributed by atoms with Crippen molar-refractivity contribution >= 4 is 11.8 Å². The van der Waals surface area contributed by atoms with Crippen LogP contribution in [0.5, 0.6) is 0 Å². The molecule has 18 heavy (non-hydrogen) atoms. The van der Waals surface area contributed by atoms with Crippen molar-refractivity contribution in [3.63, 3.8) is 0 Å². The standard InChI is InChI=1S/C12H21N3O2S/c1-3-6-16-8-9(13)10-14-11(17-15-10)12(2)5-4-7-18-12/h9H,3-8,13H2,1-2H3. The Bertz CT molecular complexity index is 377. The average Bonchev–Trinajstić information content (AvgIpc) is 2.98. The molecule has 1 aliphatic rings. The Labute approximate surface area is 112 Å². The Morgan fingerprint density at radius 1 is 1.61 bits per heavy atom. The van der Waals surface area contributed by atoms with E-state index in [1.165, 1.54) is 6.42 Å². The van der Waals surface area contributed by atoms with Gasteiger partial charge in [-0.25, -0.2) is 0 Å². The predicted octanol–water partition coefficient (Wildman–Crippen LogP) is 2.24. The Morgan fingerprint density at radius 3 is 3.11 bits per heavy atom. The SMILES string of the molecule is CCCOCC(N)c1noc(C2(C)CCCS2)n1. The molecule has 0 spiro atoms. The van der Waals surface area contributed by atoms with Crippen molar-refractivity contribution in [2.75, 3.05) is 19.0 Å². The van der Waals surface area contributed by atoms with Gasteiger partial charge in [-0.05, 0) is 31.9 Å². The minimum atomic E-state index is -0.302. The topological polar surface area (TPSA) is 74.2 Å². The zero-order chi connectivity index (χ0) is 13.0. The number of ether oxygens (including phenoxy) is 1. The van der Waals surface area contributed by atoms with E-state index in [2.05, 4.69) is 24.0 Å². The van der Waals surface area contributed by atoms with Gasteiger partial charge in [-0.1, -0.05) is 12.1 Å². The molecule has 2 N–H and O–H groups in total. The molecule has 2 atom stereocenters. The zero-order valence-corrected chi connectivity index (χ0v) is 11.8. The van der Waals surface area contributed by atoms with Gasteiger partial charge in [-0.3, -0.25) is 0 Å². The van der Waals surface area contributed by atoms with E-state index in [1.807, 2.05) is 11.8 Å². The molecule has 1 aromatic heterocycles. The van der Waals surface area contributed by atoms with Crippen LogP contribution in [0.25, 0.3) is 0 Å². The summed E-state index contributed by atoms with van der Waals surface area (Å²) in [5, 5.41) is 3.98. The summed E-state index contributed by atoms with van der Waals surface area (Å²) in [7, 11) is 0. The summed E-state index contributed by atoms with van der Waals surface area (Å²) in [6.45, 7) is 5.37. The quantitative estimate of drug-likeness (QED) is 0.800. The van der Waals surface area contributed by atoms with Crippen molar-refractivity contribution < 1.29 is 9.26 Å². The van der Waals surface area contributed by atoms with Gasteiger partial charge in [-0.2, -0.15) is 4.98 Å². The first-order chi connectivity index (χ1) is 8.65. The van der Waals surface area contributed by atoms with Gasteiger partial charge in [0.15, 0.2) is 5.82 Å². The minimum absolute atomic E-state index is 0.0325. The first kappa shape index (κ1) is 13.8. The van der Waals surface area contributed by atoms with Crippen molar-refractivity contribution in [2.24, 2.45) is 5.73 Å². The van der Waals surface area contributed by atoms with Crippen LogP contribution >= 0.6 is 11.8 Å². The van der Waals surface area contributed by atoms with Crippen LogP contribution in [-0.2, 0) is 9.48 Å². The molecule has 0 aliphatic carbocycles. The van der Waals surface area contributed by atoms with Crippen LogP contribution in [0.15, 0.2) is 4.52 Å². The molecule has 1 aromatic rings. The first-order valence-corrected chi connectivity index (χ1v) is 7.45. The molecule has 6 heteroatoms. The maximum Gasteiger partial charge on any atom is 0.242 e. The molecule has 1 fully saturated rings. The lowest BCUT2D eigenvalue weighted by Crippen LogP contribution is -2.19. The van der Waals surface area contributed by atoms with Gasteiger partial charge in [0.05, 0.1) is 17.4 Å². The van der Waals surface area contributed by atoms with Crippen LogP contribution in [0.3, 0.4) is 0 Å². The number of rotatable bonds is 6. The van der Waals surface area contributed by atoms with Gasteiger partial charge in [0.25, 0.3) is 0 Å². The highest BCUT2D eigenvalue weighted by atomic mass is 32.2. The highest BCUT2D eigenvalue weighted by molar-refractivity contribution is 8.00. The van der Waals surface area contributed by atoms with Gasteiger partial charge in [-0.15, -0.1) is 11.8 Å². The van der Waals surface area contributed by atoms with Crippen LogP contribution in [0, 0.1) is 0 Å². The van der Waals surface area contributed by atoms with Gasteiger partial charge < -0.3 is 15.0 Å². The van der Waals surface area contributed by atoms with Gasteiger partial charge in [0.1, 0.15) is 0 Å². The largest absolute Gasteiger partial charge is 0.379 e. The van der Waals surface area contributed by atoms with Crippen molar-refractivity contribution in [1.29, 1.82) is 0 Å². The summed E-state index contributed by atoms with van der Waals surface area (Å²) in [4.78, 5) is 4.44. The Balaban J connectivity index is 1.97. The lowest BCUT2D eigenvalue weighted by atomic mass is 10.1. The van der Waals surface area contributed by atoms with Gasteiger partial charge in [0, 0.05) is 6.61 Å². The second kappa shape index (κ2) is 6.04. The van der Waals surface area contributed by atoms with E-state index in [0.29, 0.717) is 24.9 Å². The second-order valence-electron chi connectivity index (χ2n) is 4.82. The molecule has 2 unspecified atom stereocenters. The summed E-state index contributed by atoms with van der Waals surface area (Å²) >= 11 is 1.88. The van der Waals surface area contributed by atoms with Crippen molar-refractivity contribution in [3.05, 3.63) is 11.7 Å². The highest BCUT2D eigenvalue weighted by Crippen LogP contribution is 2.45. The number of aromatic nitrogens is 2. The molecule has 0 amide bonds. The average molecular weight is 271 g/mol. The summed E-state index contributed by atoms with van der Waals surface area (Å²) in [5.41, 5.74) is 5.97. The third kappa shape index (κ3) is 3.05. The van der Waals surface area contributed by atoms with Gasteiger partial charge in [0.2, 0.25) is 5.89 Å². The van der Waals surface area contributed by atoms with E-state index >= 15 is 0 Å². The van der Waals surface area contributed by atoms with Crippen molar-refractivity contribution in [2.45, 2.75) is 43.9 Å². The summed E-state index contributed by atoms with van der Waals surface area (Å²) in [6.07, 6.45) is 3.27. The van der Waals surface area contributed by atoms with E-state index < -0.39 is 0 Å². The fraction of sp³-hybridized carbons (Fsp3) is 0.833. The maximum atomic E-state index is 5.97. The summed E-state index contributed by atoms with van der Waals surface area (Å²) in [6, 6.07) is -0.302. The van der Waals surface area contributed by atoms with Crippen molar-refractivity contribution in [1.82, 2.24) is 10.1 Å².